The first kappa shape index (κ1) is 17.9. The SMILES string of the molecule is CC1(C)CC(=O)C(C(Cc2ccccc2)=Nc2ccc(N)cc2)=C(O)C1. The van der Waals surface area contributed by atoms with Gasteiger partial charge in [-0.1, -0.05) is 44.2 Å². The number of carbonyl (C=O) groups excluding carboxylic acids is 1. The molecule has 0 unspecified atom stereocenters. The lowest BCUT2D eigenvalue weighted by Crippen LogP contribution is -2.30. The normalized spacial score (nSPS) is 17.5. The van der Waals surface area contributed by atoms with Gasteiger partial charge in [-0.05, 0) is 35.2 Å². The van der Waals surface area contributed by atoms with Gasteiger partial charge < -0.3 is 10.8 Å². The molecule has 0 aliphatic heterocycles. The van der Waals surface area contributed by atoms with Gasteiger partial charge in [0.25, 0.3) is 0 Å². The van der Waals surface area contributed by atoms with Crippen LogP contribution in [0.4, 0.5) is 11.4 Å². The van der Waals surface area contributed by atoms with Crippen molar-refractivity contribution < 1.29 is 9.90 Å². The van der Waals surface area contributed by atoms with E-state index >= 15 is 0 Å². The number of aliphatic hydroxyl groups excluding tert-OH is 1. The van der Waals surface area contributed by atoms with Gasteiger partial charge in [-0.2, -0.15) is 0 Å². The minimum absolute atomic E-state index is 0.0520. The maximum Gasteiger partial charge on any atom is 0.168 e. The predicted octanol–water partition coefficient (Wildman–Crippen LogP) is 4.79. The van der Waals surface area contributed by atoms with E-state index in [-0.39, 0.29) is 17.0 Å². The highest BCUT2D eigenvalue weighted by molar-refractivity contribution is 6.24. The zero-order valence-corrected chi connectivity index (χ0v) is 15.2. The fourth-order valence-corrected chi connectivity index (χ4v) is 3.29. The Balaban J connectivity index is 2.05. The molecule has 0 amide bonds. The maximum absolute atomic E-state index is 12.8. The van der Waals surface area contributed by atoms with Crippen molar-refractivity contribution in [1.82, 2.24) is 0 Å². The van der Waals surface area contributed by atoms with Crippen molar-refractivity contribution in [3.63, 3.8) is 0 Å². The summed E-state index contributed by atoms with van der Waals surface area (Å²) in [5, 5.41) is 10.6. The Morgan fingerprint density at radius 3 is 2.35 bits per heavy atom. The fourth-order valence-electron chi connectivity index (χ4n) is 3.29. The number of nitrogens with two attached hydrogens (primary N) is 1. The molecule has 0 atom stereocenters. The Morgan fingerprint density at radius 2 is 1.73 bits per heavy atom. The van der Waals surface area contributed by atoms with Crippen molar-refractivity contribution in [2.24, 2.45) is 10.4 Å². The lowest BCUT2D eigenvalue weighted by atomic mass is 9.75. The van der Waals surface area contributed by atoms with E-state index in [1.807, 2.05) is 56.3 Å². The number of aliphatic hydroxyl groups is 1. The van der Waals surface area contributed by atoms with E-state index in [1.54, 1.807) is 12.1 Å². The van der Waals surface area contributed by atoms with Gasteiger partial charge in [-0.15, -0.1) is 0 Å². The maximum atomic E-state index is 12.8. The van der Waals surface area contributed by atoms with E-state index in [4.69, 9.17) is 5.73 Å². The van der Waals surface area contributed by atoms with Crippen LogP contribution in [0.15, 0.2) is 70.9 Å². The molecule has 0 spiro atoms. The minimum Gasteiger partial charge on any atom is -0.511 e. The molecule has 2 aromatic rings. The molecule has 134 valence electrons. The summed E-state index contributed by atoms with van der Waals surface area (Å²) in [6.45, 7) is 3.98. The molecule has 4 nitrogen and oxygen atoms in total. The van der Waals surface area contributed by atoms with Crippen molar-refractivity contribution >= 4 is 22.9 Å². The van der Waals surface area contributed by atoms with Gasteiger partial charge in [0.2, 0.25) is 0 Å². The van der Waals surface area contributed by atoms with Crippen LogP contribution in [0.3, 0.4) is 0 Å². The van der Waals surface area contributed by atoms with E-state index in [2.05, 4.69) is 4.99 Å². The van der Waals surface area contributed by atoms with Gasteiger partial charge in [0.15, 0.2) is 5.78 Å². The summed E-state index contributed by atoms with van der Waals surface area (Å²) in [7, 11) is 0. The number of nitrogen functional groups attached to an aromatic ring is 1. The molecule has 1 aliphatic rings. The van der Waals surface area contributed by atoms with Gasteiger partial charge >= 0.3 is 0 Å². The number of ketones is 1. The summed E-state index contributed by atoms with van der Waals surface area (Å²) in [4.78, 5) is 17.5. The summed E-state index contributed by atoms with van der Waals surface area (Å²) in [5.41, 5.74) is 8.89. The lowest BCUT2D eigenvalue weighted by Gasteiger charge is -2.30. The van der Waals surface area contributed by atoms with Gasteiger partial charge in [0.05, 0.1) is 17.0 Å². The zero-order valence-electron chi connectivity index (χ0n) is 15.2. The molecule has 0 aromatic heterocycles. The molecular weight excluding hydrogens is 324 g/mol. The molecule has 3 N–H and O–H groups in total. The van der Waals surface area contributed by atoms with Gasteiger partial charge in [0, 0.05) is 24.9 Å². The number of Topliss-reactive ketones (excluding diaryl/α,β-unsaturated/α-hetero) is 1. The Labute approximate surface area is 154 Å². The number of rotatable bonds is 4. The average Bonchev–Trinajstić information content (AvgIpc) is 2.56. The predicted molar refractivity (Wildman–Crippen MR) is 106 cm³/mol. The quantitative estimate of drug-likeness (QED) is 0.616. The van der Waals surface area contributed by atoms with Crippen LogP contribution in [0.5, 0.6) is 0 Å². The summed E-state index contributed by atoms with van der Waals surface area (Å²) < 4.78 is 0. The molecule has 0 fully saturated rings. The molecule has 0 saturated carbocycles. The zero-order chi connectivity index (χ0) is 18.7. The van der Waals surface area contributed by atoms with Crippen LogP contribution in [0.2, 0.25) is 0 Å². The summed E-state index contributed by atoms with van der Waals surface area (Å²) in [5.74, 6) is 0.0836. The van der Waals surface area contributed by atoms with E-state index in [1.165, 1.54) is 0 Å². The van der Waals surface area contributed by atoms with Crippen LogP contribution in [-0.2, 0) is 11.2 Å². The Hall–Kier alpha value is -2.88. The van der Waals surface area contributed by atoms with E-state index in [9.17, 15) is 9.90 Å². The van der Waals surface area contributed by atoms with Crippen molar-refractivity contribution in [2.45, 2.75) is 33.1 Å². The van der Waals surface area contributed by atoms with E-state index < -0.39 is 0 Å². The highest BCUT2D eigenvalue weighted by Crippen LogP contribution is 2.37. The Morgan fingerprint density at radius 1 is 1.08 bits per heavy atom. The van der Waals surface area contributed by atoms with Crippen molar-refractivity contribution in [2.75, 3.05) is 5.73 Å². The molecule has 26 heavy (non-hydrogen) atoms. The molecular formula is C22H24N2O2. The number of hydrogen-bond donors (Lipinski definition) is 2. The molecule has 0 saturated heterocycles. The number of carbonyl (C=O) groups is 1. The number of hydrogen-bond acceptors (Lipinski definition) is 4. The number of benzene rings is 2. The number of nitrogens with zero attached hydrogens (tertiary/aromatic N) is 1. The second kappa shape index (κ2) is 7.16. The average molecular weight is 348 g/mol. The molecule has 0 radical (unpaired) electrons. The smallest absolute Gasteiger partial charge is 0.168 e. The molecule has 2 aromatic carbocycles. The monoisotopic (exact) mass is 348 g/mol. The minimum atomic E-state index is -0.232. The van der Waals surface area contributed by atoms with Crippen LogP contribution in [0.25, 0.3) is 0 Å². The van der Waals surface area contributed by atoms with Crippen LogP contribution in [0, 0.1) is 5.41 Å². The summed E-state index contributed by atoms with van der Waals surface area (Å²) >= 11 is 0. The van der Waals surface area contributed by atoms with Gasteiger partial charge in [0.1, 0.15) is 5.76 Å². The fraction of sp³-hybridized carbons (Fsp3) is 0.273. The first-order chi connectivity index (χ1) is 12.3. The largest absolute Gasteiger partial charge is 0.511 e. The third-order valence-electron chi connectivity index (χ3n) is 4.51. The van der Waals surface area contributed by atoms with Crippen molar-refractivity contribution in [3.8, 4) is 0 Å². The molecule has 4 heteroatoms. The van der Waals surface area contributed by atoms with Gasteiger partial charge in [-0.3, -0.25) is 9.79 Å². The van der Waals surface area contributed by atoms with Crippen LogP contribution < -0.4 is 5.73 Å². The second-order valence-electron chi connectivity index (χ2n) is 7.58. The third kappa shape index (κ3) is 4.20. The highest BCUT2D eigenvalue weighted by atomic mass is 16.3. The first-order valence-corrected chi connectivity index (χ1v) is 8.77. The second-order valence-corrected chi connectivity index (χ2v) is 7.58. The van der Waals surface area contributed by atoms with Crippen molar-refractivity contribution in [3.05, 3.63) is 71.5 Å². The first-order valence-electron chi connectivity index (χ1n) is 8.77. The van der Waals surface area contributed by atoms with Crippen LogP contribution >= 0.6 is 0 Å². The summed E-state index contributed by atoms with van der Waals surface area (Å²) in [6, 6.07) is 17.0. The molecule has 3 rings (SSSR count). The van der Waals surface area contributed by atoms with Crippen LogP contribution in [0.1, 0.15) is 32.3 Å². The number of anilines is 1. The molecule has 1 aliphatic carbocycles. The molecule has 0 bridgehead atoms. The van der Waals surface area contributed by atoms with E-state index in [0.29, 0.717) is 41.9 Å². The molecule has 0 heterocycles. The lowest BCUT2D eigenvalue weighted by molar-refractivity contribution is -0.117. The highest BCUT2D eigenvalue weighted by Gasteiger charge is 2.35. The van der Waals surface area contributed by atoms with Crippen LogP contribution in [-0.4, -0.2) is 16.6 Å². The van der Waals surface area contributed by atoms with Gasteiger partial charge in [-0.25, -0.2) is 0 Å². The number of aliphatic imine (C=N–C) groups is 1. The topological polar surface area (TPSA) is 75.7 Å². The summed E-state index contributed by atoms with van der Waals surface area (Å²) in [6.07, 6.45) is 1.36. The number of allylic oxidation sites excluding steroid dienone is 2. The standard InChI is InChI=1S/C22H24N2O2/c1-22(2)13-19(25)21(20(26)14-22)18(12-15-6-4-3-5-7-15)24-17-10-8-16(23)9-11-17/h3-11,25H,12-14,23H2,1-2H3. The Kier molecular flexibility index (Phi) is 4.94. The van der Waals surface area contributed by atoms with Crippen molar-refractivity contribution in [1.29, 1.82) is 0 Å². The third-order valence-corrected chi connectivity index (χ3v) is 4.51. The van der Waals surface area contributed by atoms with E-state index in [0.717, 1.165) is 5.56 Å². The Bertz CT molecular complexity index is 863.